The highest BCUT2D eigenvalue weighted by Gasteiger charge is 2.25. The van der Waals surface area contributed by atoms with Crippen molar-refractivity contribution < 1.29 is 42.5 Å². The zero-order valence-electron chi connectivity index (χ0n) is 18.8. The number of carbonyl (C=O) groups excluding carboxylic acids is 3. The molecule has 0 saturated carbocycles. The molecule has 1 unspecified atom stereocenters. The molecule has 182 valence electrons. The Labute approximate surface area is 198 Å². The lowest BCUT2D eigenvalue weighted by molar-refractivity contribution is -0.140. The number of ether oxygens (including phenoxy) is 2. The van der Waals surface area contributed by atoms with Gasteiger partial charge in [0.2, 0.25) is 5.91 Å². The van der Waals surface area contributed by atoms with Crippen LogP contribution in [0.15, 0.2) is 36.4 Å². The van der Waals surface area contributed by atoms with Crippen molar-refractivity contribution in [1.29, 1.82) is 0 Å². The van der Waals surface area contributed by atoms with Gasteiger partial charge >= 0.3 is 17.2 Å². The summed E-state index contributed by atoms with van der Waals surface area (Å²) in [4.78, 5) is 47.4. The zero-order valence-corrected chi connectivity index (χ0v) is 19.6. The molecule has 0 fully saturated rings. The fourth-order valence-electron chi connectivity index (χ4n) is 2.69. The number of benzene rings is 2. The van der Waals surface area contributed by atoms with Crippen LogP contribution in [0.4, 0.5) is 13.6 Å². The third kappa shape index (κ3) is 7.84. The van der Waals surface area contributed by atoms with Gasteiger partial charge in [0, 0.05) is 24.3 Å². The Hall–Kier alpha value is -3.47. The largest absolute Gasteiger partial charge is 0.480 e. The second kappa shape index (κ2) is 11.1. The molecular formula is C23H23F2NO7S. The molecule has 2 rings (SSSR count). The van der Waals surface area contributed by atoms with E-state index in [-0.39, 0.29) is 28.2 Å². The SMILES string of the molecule is CC(=O)NC(CSC(=O)Oc1ccc(-c2ccc(F)cc2F)cc1C(=O)OC(C)(C)C)C(=O)O. The van der Waals surface area contributed by atoms with Gasteiger partial charge in [0.15, 0.2) is 0 Å². The van der Waals surface area contributed by atoms with Crippen molar-refractivity contribution in [3.05, 3.63) is 53.6 Å². The van der Waals surface area contributed by atoms with Crippen LogP contribution in [0.2, 0.25) is 0 Å². The van der Waals surface area contributed by atoms with Crippen LogP contribution in [-0.2, 0) is 14.3 Å². The van der Waals surface area contributed by atoms with Crippen LogP contribution < -0.4 is 10.1 Å². The van der Waals surface area contributed by atoms with E-state index < -0.39 is 46.4 Å². The summed E-state index contributed by atoms with van der Waals surface area (Å²) < 4.78 is 38.1. The van der Waals surface area contributed by atoms with Gasteiger partial charge in [0.25, 0.3) is 0 Å². The van der Waals surface area contributed by atoms with Crippen LogP contribution in [-0.4, -0.2) is 45.6 Å². The maximum Gasteiger partial charge on any atom is 0.372 e. The minimum absolute atomic E-state index is 0.0121. The maximum absolute atomic E-state index is 14.3. The Morgan fingerprint density at radius 2 is 1.76 bits per heavy atom. The maximum atomic E-state index is 14.3. The average Bonchev–Trinajstić information content (AvgIpc) is 2.70. The smallest absolute Gasteiger partial charge is 0.372 e. The molecule has 2 N–H and O–H groups in total. The Bertz CT molecular complexity index is 1110. The number of amides is 1. The third-order valence-electron chi connectivity index (χ3n) is 4.08. The number of halogens is 2. The van der Waals surface area contributed by atoms with Crippen LogP contribution in [0, 0.1) is 11.6 Å². The highest BCUT2D eigenvalue weighted by molar-refractivity contribution is 8.13. The van der Waals surface area contributed by atoms with Crippen molar-refractivity contribution in [2.24, 2.45) is 0 Å². The molecule has 11 heteroatoms. The quantitative estimate of drug-likeness (QED) is 0.543. The molecule has 0 spiro atoms. The number of rotatable bonds is 7. The van der Waals surface area contributed by atoms with Crippen LogP contribution in [0.25, 0.3) is 11.1 Å². The van der Waals surface area contributed by atoms with Crippen LogP contribution in [0.1, 0.15) is 38.1 Å². The number of hydrogen-bond acceptors (Lipinski definition) is 7. The first-order valence-corrected chi connectivity index (χ1v) is 10.9. The second-order valence-electron chi connectivity index (χ2n) is 8.09. The first-order chi connectivity index (χ1) is 15.8. The summed E-state index contributed by atoms with van der Waals surface area (Å²) in [6, 6.07) is 5.49. The fraction of sp³-hybridized carbons (Fsp3) is 0.304. The van der Waals surface area contributed by atoms with Gasteiger partial charge in [0.05, 0.1) is 0 Å². The number of aliphatic carboxylic acids is 1. The van der Waals surface area contributed by atoms with Crippen LogP contribution >= 0.6 is 11.8 Å². The van der Waals surface area contributed by atoms with E-state index in [1.807, 2.05) is 0 Å². The standard InChI is InChI=1S/C23H23F2NO7S/c1-12(27)26-18(20(28)29)11-34-22(31)32-19-8-5-13(15-7-6-14(24)10-17(15)25)9-16(19)21(30)33-23(2,3)4/h5-10,18H,11H2,1-4H3,(H,26,27)(H,28,29). The zero-order chi connectivity index (χ0) is 25.6. The van der Waals surface area contributed by atoms with Crippen molar-refractivity contribution >= 4 is 34.9 Å². The van der Waals surface area contributed by atoms with Gasteiger partial charge in [-0.2, -0.15) is 0 Å². The molecule has 8 nitrogen and oxygen atoms in total. The number of hydrogen-bond donors (Lipinski definition) is 2. The molecule has 1 amide bonds. The van der Waals surface area contributed by atoms with E-state index in [9.17, 15) is 28.0 Å². The Kier molecular flexibility index (Phi) is 8.74. The van der Waals surface area contributed by atoms with Gasteiger partial charge in [-0.1, -0.05) is 6.07 Å². The predicted molar refractivity (Wildman–Crippen MR) is 121 cm³/mol. The van der Waals surface area contributed by atoms with Crippen LogP contribution in [0.5, 0.6) is 5.75 Å². The lowest BCUT2D eigenvalue weighted by Gasteiger charge is -2.21. The van der Waals surface area contributed by atoms with Crippen molar-refractivity contribution in [1.82, 2.24) is 5.32 Å². The van der Waals surface area contributed by atoms with Crippen molar-refractivity contribution in [3.63, 3.8) is 0 Å². The van der Waals surface area contributed by atoms with Gasteiger partial charge in [-0.05, 0) is 62.4 Å². The average molecular weight is 496 g/mol. The Morgan fingerprint density at radius 1 is 1.09 bits per heavy atom. The van der Waals surface area contributed by atoms with Crippen molar-refractivity contribution in [2.45, 2.75) is 39.3 Å². The summed E-state index contributed by atoms with van der Waals surface area (Å²) in [6.07, 6.45) is 0. The molecule has 0 aliphatic heterocycles. The topological polar surface area (TPSA) is 119 Å². The predicted octanol–water partition coefficient (Wildman–Crippen LogP) is 4.41. The summed E-state index contributed by atoms with van der Waals surface area (Å²) >= 11 is 0.477. The molecule has 0 aromatic heterocycles. The van der Waals surface area contributed by atoms with Gasteiger partial charge < -0.3 is 19.9 Å². The second-order valence-corrected chi connectivity index (χ2v) is 9.05. The molecule has 0 heterocycles. The van der Waals surface area contributed by atoms with Gasteiger partial charge in [0.1, 0.15) is 34.6 Å². The molecule has 2 aromatic rings. The monoisotopic (exact) mass is 495 g/mol. The molecule has 0 radical (unpaired) electrons. The number of carboxylic acid groups (broad SMARTS) is 1. The van der Waals surface area contributed by atoms with E-state index in [2.05, 4.69) is 5.32 Å². The molecule has 0 aliphatic rings. The summed E-state index contributed by atoms with van der Waals surface area (Å²) in [5.74, 6) is -4.93. The number of nitrogens with one attached hydrogen (secondary N) is 1. The van der Waals surface area contributed by atoms with E-state index in [0.29, 0.717) is 17.8 Å². The summed E-state index contributed by atoms with van der Waals surface area (Å²) in [5, 5.41) is 10.4. The first-order valence-electron chi connectivity index (χ1n) is 9.94. The molecule has 0 aliphatic carbocycles. The lowest BCUT2D eigenvalue weighted by atomic mass is 10.0. The van der Waals surface area contributed by atoms with E-state index in [0.717, 1.165) is 13.0 Å². The minimum Gasteiger partial charge on any atom is -0.480 e. The molecule has 34 heavy (non-hydrogen) atoms. The summed E-state index contributed by atoms with van der Waals surface area (Å²) in [5.41, 5.74) is -0.862. The molecule has 0 saturated heterocycles. The van der Waals surface area contributed by atoms with E-state index in [1.54, 1.807) is 20.8 Å². The van der Waals surface area contributed by atoms with E-state index >= 15 is 0 Å². The van der Waals surface area contributed by atoms with Crippen molar-refractivity contribution in [3.8, 4) is 16.9 Å². The number of esters is 1. The highest BCUT2D eigenvalue weighted by atomic mass is 32.2. The van der Waals surface area contributed by atoms with Crippen molar-refractivity contribution in [2.75, 3.05) is 5.75 Å². The molecule has 1 atom stereocenters. The van der Waals surface area contributed by atoms with E-state index in [1.165, 1.54) is 24.3 Å². The molecular weight excluding hydrogens is 472 g/mol. The number of thioether (sulfide) groups is 1. The first kappa shape index (κ1) is 26.8. The summed E-state index contributed by atoms with van der Waals surface area (Å²) in [7, 11) is 0. The van der Waals surface area contributed by atoms with Gasteiger partial charge in [-0.3, -0.25) is 4.79 Å². The molecule has 2 aromatic carbocycles. The third-order valence-corrected chi connectivity index (χ3v) is 4.90. The number of carboxylic acids is 1. The minimum atomic E-state index is -1.34. The lowest BCUT2D eigenvalue weighted by Crippen LogP contribution is -2.41. The Balaban J connectivity index is 2.33. The molecule has 0 bridgehead atoms. The summed E-state index contributed by atoms with van der Waals surface area (Å²) in [6.45, 7) is 6.02. The highest BCUT2D eigenvalue weighted by Crippen LogP contribution is 2.31. The van der Waals surface area contributed by atoms with Gasteiger partial charge in [-0.25, -0.2) is 23.2 Å². The normalized spacial score (nSPS) is 11.9. The van der Waals surface area contributed by atoms with Gasteiger partial charge in [-0.15, -0.1) is 0 Å². The Morgan fingerprint density at radius 3 is 2.32 bits per heavy atom. The fourth-order valence-corrected chi connectivity index (χ4v) is 3.37. The van der Waals surface area contributed by atoms with E-state index in [4.69, 9.17) is 14.6 Å². The number of carbonyl (C=O) groups is 4. The van der Waals surface area contributed by atoms with Crippen LogP contribution in [0.3, 0.4) is 0 Å².